The van der Waals surface area contributed by atoms with Crippen LogP contribution in [0.25, 0.3) is 0 Å². The Labute approximate surface area is 141 Å². The molecule has 1 heterocycles. The highest BCUT2D eigenvalue weighted by Crippen LogP contribution is 2.11. The Morgan fingerprint density at radius 2 is 1.42 bits per heavy atom. The molecule has 4 heteroatoms. The van der Waals surface area contributed by atoms with Gasteiger partial charge in [0.25, 0.3) is 0 Å². The molecule has 24 heavy (non-hydrogen) atoms. The summed E-state index contributed by atoms with van der Waals surface area (Å²) >= 11 is 0. The van der Waals surface area contributed by atoms with Gasteiger partial charge in [-0.05, 0) is 23.3 Å². The number of benzene rings is 2. The van der Waals surface area contributed by atoms with Crippen LogP contribution in [0.5, 0.6) is 0 Å². The molecule has 0 radical (unpaired) electrons. The molecule has 0 saturated carbocycles. The minimum absolute atomic E-state index is 0.106. The number of aliphatic hydroxyl groups is 1. The van der Waals surface area contributed by atoms with Crippen LogP contribution in [-0.4, -0.2) is 16.3 Å². The van der Waals surface area contributed by atoms with E-state index in [4.69, 9.17) is 9.52 Å². The zero-order chi connectivity index (χ0) is 16.6. The molecule has 0 aliphatic rings. The molecule has 0 aliphatic carbocycles. The van der Waals surface area contributed by atoms with Gasteiger partial charge in [-0.25, -0.2) is 0 Å². The lowest BCUT2D eigenvalue weighted by Crippen LogP contribution is -2.16. The van der Waals surface area contributed by atoms with E-state index in [-0.39, 0.29) is 6.61 Å². The van der Waals surface area contributed by atoms with E-state index >= 15 is 0 Å². The Kier molecular flexibility index (Phi) is 5.43. The molecule has 0 aliphatic heterocycles. The average Bonchev–Trinajstić information content (AvgIpc) is 3.10. The normalized spacial score (nSPS) is 11.0. The smallest absolute Gasteiger partial charge is 0.147 e. The molecular weight excluding hydrogens is 300 g/mol. The second kappa shape index (κ2) is 8.13. The van der Waals surface area contributed by atoms with Crippen molar-refractivity contribution < 1.29 is 9.52 Å². The summed E-state index contributed by atoms with van der Waals surface area (Å²) in [5.74, 6) is 1.17. The third kappa shape index (κ3) is 4.57. The van der Waals surface area contributed by atoms with Crippen LogP contribution in [-0.2, 0) is 19.7 Å². The van der Waals surface area contributed by atoms with Gasteiger partial charge in [0.15, 0.2) is 0 Å². The molecular formula is C20H20N2O2. The summed E-state index contributed by atoms with van der Waals surface area (Å²) in [6.45, 7) is 1.31. The zero-order valence-electron chi connectivity index (χ0n) is 13.4. The van der Waals surface area contributed by atoms with E-state index < -0.39 is 0 Å². The Hall–Kier alpha value is -2.85. The third-order valence-corrected chi connectivity index (χ3v) is 3.60. The second-order valence-corrected chi connectivity index (χ2v) is 5.50. The van der Waals surface area contributed by atoms with Gasteiger partial charge >= 0.3 is 0 Å². The molecule has 0 saturated heterocycles. The van der Waals surface area contributed by atoms with E-state index in [0.29, 0.717) is 24.6 Å². The van der Waals surface area contributed by atoms with Gasteiger partial charge in [-0.15, -0.1) is 0 Å². The van der Waals surface area contributed by atoms with Crippen LogP contribution >= 0.6 is 0 Å². The fourth-order valence-corrected chi connectivity index (χ4v) is 2.41. The Morgan fingerprint density at radius 3 is 1.92 bits per heavy atom. The lowest BCUT2D eigenvalue weighted by atomic mass is 10.2. The van der Waals surface area contributed by atoms with E-state index in [2.05, 4.69) is 29.4 Å². The van der Waals surface area contributed by atoms with Crippen LogP contribution < -0.4 is 0 Å². The second-order valence-electron chi connectivity index (χ2n) is 5.50. The van der Waals surface area contributed by atoms with Crippen LogP contribution in [0.15, 0.2) is 82.3 Å². The quantitative estimate of drug-likeness (QED) is 0.532. The molecule has 0 bridgehead atoms. The fraction of sp³-hybridized carbons (Fsp3) is 0.150. The maximum Gasteiger partial charge on any atom is 0.147 e. The molecule has 3 rings (SSSR count). The number of rotatable bonds is 7. The average molecular weight is 320 g/mol. The molecule has 4 nitrogen and oxygen atoms in total. The van der Waals surface area contributed by atoms with Gasteiger partial charge in [-0.1, -0.05) is 60.7 Å². The van der Waals surface area contributed by atoms with Crippen molar-refractivity contribution in [1.29, 1.82) is 0 Å². The van der Waals surface area contributed by atoms with Crippen LogP contribution in [0.3, 0.4) is 0 Å². The molecule has 0 amide bonds. The lowest BCUT2D eigenvalue weighted by molar-refractivity contribution is 0.246. The molecule has 0 unspecified atom stereocenters. The summed E-state index contributed by atoms with van der Waals surface area (Å²) in [6, 6.07) is 24.0. The van der Waals surface area contributed by atoms with Crippen LogP contribution in [0.1, 0.15) is 22.6 Å². The van der Waals surface area contributed by atoms with Crippen LogP contribution in [0.2, 0.25) is 0 Å². The number of aliphatic hydroxyl groups excluding tert-OH is 1. The summed E-state index contributed by atoms with van der Waals surface area (Å²) in [4.78, 5) is 0. The van der Waals surface area contributed by atoms with Gasteiger partial charge in [0.1, 0.15) is 18.1 Å². The lowest BCUT2D eigenvalue weighted by Gasteiger charge is -2.19. The van der Waals surface area contributed by atoms with E-state index in [1.165, 1.54) is 11.1 Å². The Morgan fingerprint density at radius 1 is 0.833 bits per heavy atom. The third-order valence-electron chi connectivity index (χ3n) is 3.60. The SMILES string of the molecule is OCc1ccc(/C=N\N(Cc2ccccc2)Cc2ccccc2)o1. The molecule has 2 aromatic carbocycles. The zero-order valence-corrected chi connectivity index (χ0v) is 13.4. The molecule has 0 fully saturated rings. The number of hydrogen-bond acceptors (Lipinski definition) is 4. The van der Waals surface area contributed by atoms with E-state index in [1.54, 1.807) is 18.3 Å². The molecule has 3 aromatic rings. The standard InChI is InChI=1S/C20H20N2O2/c23-16-20-12-11-19(24-20)13-21-22(14-17-7-3-1-4-8-17)15-18-9-5-2-6-10-18/h1-13,23H,14-16H2/b21-13-. The number of hydrazone groups is 1. The van der Waals surface area contributed by atoms with Crippen molar-refractivity contribution in [3.05, 3.63) is 95.4 Å². The molecule has 1 aromatic heterocycles. The van der Waals surface area contributed by atoms with Crippen molar-refractivity contribution >= 4 is 6.21 Å². The highest BCUT2D eigenvalue weighted by molar-refractivity contribution is 5.75. The maximum atomic E-state index is 9.07. The minimum atomic E-state index is -0.106. The minimum Gasteiger partial charge on any atom is -0.458 e. The van der Waals surface area contributed by atoms with Gasteiger partial charge in [0.05, 0.1) is 19.3 Å². The number of furan rings is 1. The van der Waals surface area contributed by atoms with Crippen molar-refractivity contribution in [2.24, 2.45) is 5.10 Å². The first-order chi connectivity index (χ1) is 11.8. The number of nitrogens with zero attached hydrogens (tertiary/aromatic N) is 2. The number of hydrogen-bond donors (Lipinski definition) is 1. The first-order valence-electron chi connectivity index (χ1n) is 7.90. The van der Waals surface area contributed by atoms with Gasteiger partial charge < -0.3 is 9.52 Å². The fourth-order valence-electron chi connectivity index (χ4n) is 2.41. The summed E-state index contributed by atoms with van der Waals surface area (Å²) in [5.41, 5.74) is 2.39. The van der Waals surface area contributed by atoms with Crippen molar-refractivity contribution in [3.8, 4) is 0 Å². The Bertz CT molecular complexity index is 725. The first-order valence-corrected chi connectivity index (χ1v) is 7.90. The van der Waals surface area contributed by atoms with E-state index in [1.807, 2.05) is 41.4 Å². The predicted molar refractivity (Wildman–Crippen MR) is 94.4 cm³/mol. The first kappa shape index (κ1) is 16.0. The molecule has 0 atom stereocenters. The van der Waals surface area contributed by atoms with Crippen molar-refractivity contribution in [2.75, 3.05) is 0 Å². The summed E-state index contributed by atoms with van der Waals surface area (Å²) in [6.07, 6.45) is 1.69. The van der Waals surface area contributed by atoms with E-state index in [9.17, 15) is 0 Å². The molecule has 1 N–H and O–H groups in total. The van der Waals surface area contributed by atoms with Gasteiger partial charge in [-0.2, -0.15) is 5.10 Å². The van der Waals surface area contributed by atoms with Crippen LogP contribution in [0.4, 0.5) is 0 Å². The summed E-state index contributed by atoms with van der Waals surface area (Å²) in [5, 5.41) is 15.6. The highest BCUT2D eigenvalue weighted by atomic mass is 16.4. The molecule has 122 valence electrons. The van der Waals surface area contributed by atoms with Crippen molar-refractivity contribution in [2.45, 2.75) is 19.7 Å². The maximum absolute atomic E-state index is 9.07. The largest absolute Gasteiger partial charge is 0.458 e. The van der Waals surface area contributed by atoms with E-state index in [0.717, 1.165) is 0 Å². The van der Waals surface area contributed by atoms with Crippen molar-refractivity contribution in [1.82, 2.24) is 5.01 Å². The van der Waals surface area contributed by atoms with Crippen LogP contribution in [0, 0.1) is 0 Å². The summed E-state index contributed by atoms with van der Waals surface area (Å²) < 4.78 is 5.46. The molecule has 0 spiro atoms. The topological polar surface area (TPSA) is 49.0 Å². The predicted octanol–water partition coefficient (Wildman–Crippen LogP) is 3.81. The Balaban J connectivity index is 1.75. The van der Waals surface area contributed by atoms with Gasteiger partial charge in [0, 0.05) is 0 Å². The van der Waals surface area contributed by atoms with Gasteiger partial charge in [0.2, 0.25) is 0 Å². The van der Waals surface area contributed by atoms with Crippen molar-refractivity contribution in [3.63, 3.8) is 0 Å². The van der Waals surface area contributed by atoms with Gasteiger partial charge in [-0.3, -0.25) is 5.01 Å². The highest BCUT2D eigenvalue weighted by Gasteiger charge is 2.05. The monoisotopic (exact) mass is 320 g/mol. The summed E-state index contributed by atoms with van der Waals surface area (Å²) in [7, 11) is 0.